The predicted octanol–water partition coefficient (Wildman–Crippen LogP) is 6.00. The number of alkyl carbamates (subject to hydrolysis) is 1. The Bertz CT molecular complexity index is 910. The molecule has 0 aliphatic rings. The normalized spacial score (nSPS) is 13.9. The zero-order chi connectivity index (χ0) is 29.0. The first-order valence-electron chi connectivity index (χ1n) is 14.1. The van der Waals surface area contributed by atoms with Crippen molar-refractivity contribution in [3.8, 4) is 5.75 Å². The molecular weight excluding hydrogens is 482 g/mol. The Morgan fingerprint density at radius 2 is 1.68 bits per heavy atom. The van der Waals surface area contributed by atoms with Gasteiger partial charge < -0.3 is 25.4 Å². The van der Waals surface area contributed by atoms with Gasteiger partial charge in [-0.1, -0.05) is 65.2 Å². The van der Waals surface area contributed by atoms with Crippen molar-refractivity contribution in [2.24, 2.45) is 5.92 Å². The SMILES string of the molecule is CCCCCN(C(=O)C(CC(C)C)NC(=O)OC(C)(C)C)C(C(=O)NC(C)CCC)c1cccc(C)c1O. The molecule has 8 heteroatoms. The fraction of sp³-hybridized carbons (Fsp3) is 0.700. The third-order valence-electron chi connectivity index (χ3n) is 6.22. The Morgan fingerprint density at radius 1 is 1.03 bits per heavy atom. The lowest BCUT2D eigenvalue weighted by Gasteiger charge is -2.36. The maximum atomic E-state index is 14.2. The molecule has 3 unspecified atom stereocenters. The molecular formula is C30H51N3O5. The van der Waals surface area contributed by atoms with Crippen LogP contribution in [0.15, 0.2) is 18.2 Å². The van der Waals surface area contributed by atoms with Gasteiger partial charge in [0.15, 0.2) is 0 Å². The van der Waals surface area contributed by atoms with Crippen LogP contribution >= 0.6 is 0 Å². The first-order chi connectivity index (χ1) is 17.7. The number of rotatable bonds is 14. The van der Waals surface area contributed by atoms with Crippen molar-refractivity contribution in [1.82, 2.24) is 15.5 Å². The molecule has 1 aromatic carbocycles. The van der Waals surface area contributed by atoms with Gasteiger partial charge in [-0.25, -0.2) is 4.79 Å². The van der Waals surface area contributed by atoms with Gasteiger partial charge in [-0.3, -0.25) is 9.59 Å². The quantitative estimate of drug-likeness (QED) is 0.254. The highest BCUT2D eigenvalue weighted by Gasteiger charge is 2.38. The Morgan fingerprint density at radius 3 is 2.24 bits per heavy atom. The van der Waals surface area contributed by atoms with Crippen LogP contribution in [0.4, 0.5) is 4.79 Å². The standard InChI is InChI=1S/C30H51N3O5/c1-10-12-13-18-33(28(36)24(19-20(3)4)32-29(37)38-30(7,8)9)25(27(35)31-22(6)15-11-2)23-17-14-16-21(5)26(23)34/h14,16-17,20,22,24-25,34H,10-13,15,18-19H2,1-9H3,(H,31,35)(H,32,37). The topological polar surface area (TPSA) is 108 Å². The molecule has 0 fully saturated rings. The Hall–Kier alpha value is -2.77. The summed E-state index contributed by atoms with van der Waals surface area (Å²) >= 11 is 0. The number of benzene rings is 1. The van der Waals surface area contributed by atoms with Crippen LogP contribution in [0.3, 0.4) is 0 Å². The third-order valence-corrected chi connectivity index (χ3v) is 6.22. The highest BCUT2D eigenvalue weighted by atomic mass is 16.6. The Kier molecular flexibility index (Phi) is 13.6. The van der Waals surface area contributed by atoms with E-state index in [0.29, 0.717) is 30.5 Å². The van der Waals surface area contributed by atoms with E-state index in [2.05, 4.69) is 17.6 Å². The first kappa shape index (κ1) is 33.3. The van der Waals surface area contributed by atoms with E-state index in [4.69, 9.17) is 4.74 Å². The summed E-state index contributed by atoms with van der Waals surface area (Å²) in [6, 6.07) is 3.20. The number of carbonyl (C=O) groups excluding carboxylic acids is 3. The van der Waals surface area contributed by atoms with Crippen molar-refractivity contribution in [1.29, 1.82) is 0 Å². The maximum Gasteiger partial charge on any atom is 0.408 e. The fourth-order valence-corrected chi connectivity index (χ4v) is 4.42. The summed E-state index contributed by atoms with van der Waals surface area (Å²) in [4.78, 5) is 42.2. The average molecular weight is 534 g/mol. The zero-order valence-electron chi connectivity index (χ0n) is 25.0. The Labute approximate surface area is 229 Å². The first-order valence-corrected chi connectivity index (χ1v) is 14.1. The second-order valence-corrected chi connectivity index (χ2v) is 11.7. The molecule has 8 nitrogen and oxygen atoms in total. The number of hydrogen-bond donors (Lipinski definition) is 3. The number of para-hydroxylation sites is 1. The van der Waals surface area contributed by atoms with E-state index in [1.807, 2.05) is 27.7 Å². The molecule has 216 valence electrons. The third kappa shape index (κ3) is 10.9. The van der Waals surface area contributed by atoms with Crippen molar-refractivity contribution in [3.63, 3.8) is 0 Å². The van der Waals surface area contributed by atoms with Crippen molar-refractivity contribution >= 4 is 17.9 Å². The smallest absolute Gasteiger partial charge is 0.408 e. The van der Waals surface area contributed by atoms with Crippen LogP contribution in [-0.2, 0) is 14.3 Å². The highest BCUT2D eigenvalue weighted by molar-refractivity contribution is 5.92. The van der Waals surface area contributed by atoms with E-state index in [1.54, 1.807) is 45.9 Å². The van der Waals surface area contributed by atoms with E-state index in [0.717, 1.165) is 25.7 Å². The summed E-state index contributed by atoms with van der Waals surface area (Å²) in [5, 5.41) is 16.8. The van der Waals surface area contributed by atoms with Gasteiger partial charge in [0.25, 0.3) is 0 Å². The number of phenols is 1. The molecule has 0 aliphatic heterocycles. The molecule has 0 spiro atoms. The second kappa shape index (κ2) is 15.6. The molecule has 0 heterocycles. The van der Waals surface area contributed by atoms with Crippen LogP contribution < -0.4 is 10.6 Å². The van der Waals surface area contributed by atoms with E-state index >= 15 is 0 Å². The lowest BCUT2D eigenvalue weighted by atomic mass is 9.96. The summed E-state index contributed by atoms with van der Waals surface area (Å²) in [6.07, 6.45) is 3.88. The van der Waals surface area contributed by atoms with Crippen LogP contribution in [-0.4, -0.2) is 52.1 Å². The summed E-state index contributed by atoms with van der Waals surface area (Å²) in [6.45, 7) is 17.4. The van der Waals surface area contributed by atoms with Crippen LogP contribution in [0.2, 0.25) is 0 Å². The molecule has 0 bridgehead atoms. The number of nitrogens with one attached hydrogen (secondary N) is 2. The molecule has 38 heavy (non-hydrogen) atoms. The summed E-state index contributed by atoms with van der Waals surface area (Å²) < 4.78 is 5.45. The van der Waals surface area contributed by atoms with Gasteiger partial charge in [-0.05, 0) is 65.4 Å². The van der Waals surface area contributed by atoms with Crippen molar-refractivity contribution in [2.45, 2.75) is 125 Å². The second-order valence-electron chi connectivity index (χ2n) is 11.7. The molecule has 0 aromatic heterocycles. The molecule has 0 radical (unpaired) electrons. The minimum absolute atomic E-state index is 0.00963. The number of unbranched alkanes of at least 4 members (excludes halogenated alkanes) is 2. The van der Waals surface area contributed by atoms with Gasteiger partial charge in [0.1, 0.15) is 23.4 Å². The lowest BCUT2D eigenvalue weighted by molar-refractivity contribution is -0.143. The molecule has 3 atom stereocenters. The molecule has 0 aliphatic carbocycles. The van der Waals surface area contributed by atoms with Crippen LogP contribution in [0.5, 0.6) is 5.75 Å². The minimum Gasteiger partial charge on any atom is -0.507 e. The van der Waals surface area contributed by atoms with Gasteiger partial charge in [-0.2, -0.15) is 0 Å². The minimum atomic E-state index is -1.05. The van der Waals surface area contributed by atoms with Gasteiger partial charge in [0.2, 0.25) is 11.8 Å². The van der Waals surface area contributed by atoms with Crippen molar-refractivity contribution < 1.29 is 24.2 Å². The monoisotopic (exact) mass is 533 g/mol. The van der Waals surface area contributed by atoms with Crippen LogP contribution in [0.25, 0.3) is 0 Å². The van der Waals surface area contributed by atoms with Crippen molar-refractivity contribution in [3.05, 3.63) is 29.3 Å². The van der Waals surface area contributed by atoms with E-state index in [-0.39, 0.29) is 29.5 Å². The fourth-order valence-electron chi connectivity index (χ4n) is 4.42. The molecule has 0 saturated carbocycles. The Balaban J connectivity index is 3.58. The number of carbonyl (C=O) groups is 3. The maximum absolute atomic E-state index is 14.2. The number of ether oxygens (including phenoxy) is 1. The van der Waals surface area contributed by atoms with E-state index < -0.39 is 23.8 Å². The predicted molar refractivity (Wildman–Crippen MR) is 152 cm³/mol. The molecule has 3 N–H and O–H groups in total. The molecule has 1 rings (SSSR count). The summed E-state index contributed by atoms with van der Waals surface area (Å²) in [5.74, 6) is -0.632. The van der Waals surface area contributed by atoms with E-state index in [9.17, 15) is 19.5 Å². The number of nitrogens with zero attached hydrogens (tertiary/aromatic N) is 1. The highest BCUT2D eigenvalue weighted by Crippen LogP contribution is 2.33. The largest absolute Gasteiger partial charge is 0.507 e. The van der Waals surface area contributed by atoms with Crippen molar-refractivity contribution in [2.75, 3.05) is 6.54 Å². The molecule has 3 amide bonds. The zero-order valence-corrected chi connectivity index (χ0v) is 25.0. The number of aryl methyl sites for hydroxylation is 1. The number of phenolic OH excluding ortho intramolecular Hbond substituents is 1. The summed E-state index contributed by atoms with van der Waals surface area (Å²) in [5.41, 5.74) is 0.270. The van der Waals surface area contributed by atoms with Crippen LogP contribution in [0.1, 0.15) is 111 Å². The average Bonchev–Trinajstić information content (AvgIpc) is 2.78. The molecule has 0 saturated heterocycles. The molecule has 1 aromatic rings. The van der Waals surface area contributed by atoms with Gasteiger partial charge in [-0.15, -0.1) is 0 Å². The lowest BCUT2D eigenvalue weighted by Crippen LogP contribution is -2.54. The van der Waals surface area contributed by atoms with E-state index in [1.165, 1.54) is 4.90 Å². The van der Waals surface area contributed by atoms with Gasteiger partial charge in [0, 0.05) is 18.2 Å². The van der Waals surface area contributed by atoms with Gasteiger partial charge in [0.05, 0.1) is 0 Å². The number of amides is 3. The number of hydrogen-bond acceptors (Lipinski definition) is 5. The number of aromatic hydroxyl groups is 1. The van der Waals surface area contributed by atoms with Crippen LogP contribution in [0, 0.1) is 12.8 Å². The van der Waals surface area contributed by atoms with Gasteiger partial charge >= 0.3 is 6.09 Å². The summed E-state index contributed by atoms with van der Waals surface area (Å²) in [7, 11) is 0.